The summed E-state index contributed by atoms with van der Waals surface area (Å²) >= 11 is 1.75. The van der Waals surface area contributed by atoms with E-state index in [9.17, 15) is 0 Å². The van der Waals surface area contributed by atoms with Crippen molar-refractivity contribution in [2.45, 2.75) is 31.6 Å². The Morgan fingerprint density at radius 1 is 1.15 bits per heavy atom. The van der Waals surface area contributed by atoms with Crippen LogP contribution >= 0.6 is 11.3 Å². The zero-order valence-electron chi connectivity index (χ0n) is 14.5. The molecular formula is C19H21N5OS. The van der Waals surface area contributed by atoms with Crippen molar-refractivity contribution < 1.29 is 4.74 Å². The molecule has 1 saturated carbocycles. The van der Waals surface area contributed by atoms with E-state index in [-0.39, 0.29) is 0 Å². The highest BCUT2D eigenvalue weighted by Crippen LogP contribution is 2.39. The first-order valence-electron chi connectivity index (χ1n) is 9.25. The number of hydrogen-bond donors (Lipinski definition) is 0. The molecule has 1 aliphatic carbocycles. The number of aromatic nitrogens is 4. The predicted molar refractivity (Wildman–Crippen MR) is 102 cm³/mol. The lowest BCUT2D eigenvalue weighted by atomic mass is 9.98. The smallest absolute Gasteiger partial charge is 0.216 e. The van der Waals surface area contributed by atoms with Gasteiger partial charge in [0.2, 0.25) is 5.88 Å². The molecule has 5 rings (SSSR count). The lowest BCUT2D eigenvalue weighted by molar-refractivity contribution is 0.215. The Morgan fingerprint density at radius 2 is 2.04 bits per heavy atom. The third-order valence-corrected chi connectivity index (χ3v) is 6.29. The maximum Gasteiger partial charge on any atom is 0.216 e. The van der Waals surface area contributed by atoms with E-state index in [1.807, 2.05) is 24.5 Å². The van der Waals surface area contributed by atoms with Crippen LogP contribution in [0.2, 0.25) is 0 Å². The van der Waals surface area contributed by atoms with E-state index in [1.165, 1.54) is 17.5 Å². The molecule has 0 radical (unpaired) electrons. The standard InChI is InChI=1S/C19H21N5OS/c1-2-14(1)15-9-18(22-12-21-15)25-11-13-4-7-24(8-5-13)19-23-16-10-20-6-3-17(16)26-19/h3,6,9-10,12-14H,1-2,4-5,7-8,11H2. The van der Waals surface area contributed by atoms with Crippen molar-refractivity contribution in [1.82, 2.24) is 19.9 Å². The fourth-order valence-corrected chi connectivity index (χ4v) is 4.42. The first-order chi connectivity index (χ1) is 12.8. The molecule has 0 N–H and O–H groups in total. The summed E-state index contributed by atoms with van der Waals surface area (Å²) < 4.78 is 7.17. The Hall–Kier alpha value is -2.28. The van der Waals surface area contributed by atoms with Crippen LogP contribution in [0, 0.1) is 5.92 Å². The molecule has 4 heterocycles. The van der Waals surface area contributed by atoms with Gasteiger partial charge in [-0.3, -0.25) is 4.98 Å². The second-order valence-corrected chi connectivity index (χ2v) is 8.15. The van der Waals surface area contributed by atoms with Crippen molar-refractivity contribution in [2.24, 2.45) is 5.92 Å². The molecule has 0 aromatic carbocycles. The molecule has 3 aromatic heterocycles. The summed E-state index contributed by atoms with van der Waals surface area (Å²) in [5.74, 6) is 1.93. The summed E-state index contributed by atoms with van der Waals surface area (Å²) in [5.41, 5.74) is 2.13. The lowest BCUT2D eigenvalue weighted by Gasteiger charge is -2.31. The van der Waals surface area contributed by atoms with Crippen LogP contribution in [-0.2, 0) is 0 Å². The van der Waals surface area contributed by atoms with E-state index in [0.717, 1.165) is 54.8 Å². The summed E-state index contributed by atoms with van der Waals surface area (Å²) in [7, 11) is 0. The van der Waals surface area contributed by atoms with Gasteiger partial charge >= 0.3 is 0 Å². The molecule has 6 nitrogen and oxygen atoms in total. The minimum Gasteiger partial charge on any atom is -0.477 e. The Bertz CT molecular complexity index is 869. The number of rotatable bonds is 5. The van der Waals surface area contributed by atoms with Crippen LogP contribution in [-0.4, -0.2) is 39.6 Å². The highest BCUT2D eigenvalue weighted by molar-refractivity contribution is 7.22. The van der Waals surface area contributed by atoms with Crippen LogP contribution in [0.3, 0.4) is 0 Å². The van der Waals surface area contributed by atoms with E-state index in [1.54, 1.807) is 17.7 Å². The Morgan fingerprint density at radius 3 is 2.85 bits per heavy atom. The van der Waals surface area contributed by atoms with Crippen LogP contribution in [0.15, 0.2) is 30.9 Å². The van der Waals surface area contributed by atoms with Gasteiger partial charge in [0.1, 0.15) is 11.8 Å². The average Bonchev–Trinajstić information content (AvgIpc) is 3.46. The van der Waals surface area contributed by atoms with E-state index >= 15 is 0 Å². The van der Waals surface area contributed by atoms with Crippen LogP contribution < -0.4 is 9.64 Å². The van der Waals surface area contributed by atoms with Crippen LogP contribution in [0.5, 0.6) is 5.88 Å². The number of thiazole rings is 1. The maximum absolute atomic E-state index is 5.96. The molecule has 3 aromatic rings. The fourth-order valence-electron chi connectivity index (χ4n) is 3.43. The SMILES string of the molecule is c1cc2sc(N3CCC(COc4cc(C5CC5)ncn4)CC3)nc2cn1. The first-order valence-corrected chi connectivity index (χ1v) is 10.1. The highest BCUT2D eigenvalue weighted by Gasteiger charge is 2.26. The number of nitrogens with zero attached hydrogens (tertiary/aromatic N) is 5. The topological polar surface area (TPSA) is 64.0 Å². The van der Waals surface area contributed by atoms with Gasteiger partial charge in [0, 0.05) is 31.3 Å². The van der Waals surface area contributed by atoms with Gasteiger partial charge in [-0.25, -0.2) is 15.0 Å². The van der Waals surface area contributed by atoms with E-state index in [4.69, 9.17) is 9.72 Å². The molecule has 134 valence electrons. The first kappa shape index (κ1) is 15.9. The molecule has 1 saturated heterocycles. The molecule has 2 aliphatic rings. The quantitative estimate of drug-likeness (QED) is 0.686. The Labute approximate surface area is 156 Å². The van der Waals surface area contributed by atoms with Crippen LogP contribution in [0.1, 0.15) is 37.3 Å². The largest absolute Gasteiger partial charge is 0.477 e. The highest BCUT2D eigenvalue weighted by atomic mass is 32.1. The van der Waals surface area contributed by atoms with Gasteiger partial charge in [-0.1, -0.05) is 11.3 Å². The number of pyridine rings is 1. The number of piperidine rings is 1. The molecule has 26 heavy (non-hydrogen) atoms. The van der Waals surface area contributed by atoms with Gasteiger partial charge in [0.05, 0.1) is 23.2 Å². The Kier molecular flexibility index (Phi) is 4.16. The van der Waals surface area contributed by atoms with Gasteiger partial charge in [-0.2, -0.15) is 0 Å². The summed E-state index contributed by atoms with van der Waals surface area (Å²) in [6.45, 7) is 2.79. The molecule has 0 bridgehead atoms. The minimum absolute atomic E-state index is 0.571. The monoisotopic (exact) mass is 367 g/mol. The zero-order chi connectivity index (χ0) is 17.3. The van der Waals surface area contributed by atoms with Crippen molar-refractivity contribution in [3.63, 3.8) is 0 Å². The van der Waals surface area contributed by atoms with Crippen molar-refractivity contribution in [2.75, 3.05) is 24.6 Å². The predicted octanol–water partition coefficient (Wildman–Crippen LogP) is 3.65. The van der Waals surface area contributed by atoms with Crippen molar-refractivity contribution in [1.29, 1.82) is 0 Å². The van der Waals surface area contributed by atoms with Gasteiger partial charge < -0.3 is 9.64 Å². The molecule has 0 spiro atoms. The summed E-state index contributed by atoms with van der Waals surface area (Å²) in [6, 6.07) is 4.05. The van der Waals surface area contributed by atoms with E-state index in [0.29, 0.717) is 11.8 Å². The van der Waals surface area contributed by atoms with Crippen molar-refractivity contribution >= 4 is 26.7 Å². The normalized spacial score (nSPS) is 18.4. The second kappa shape index (κ2) is 6.79. The van der Waals surface area contributed by atoms with Gasteiger partial charge in [0.15, 0.2) is 5.13 Å². The van der Waals surface area contributed by atoms with Gasteiger partial charge in [0.25, 0.3) is 0 Å². The molecular weight excluding hydrogens is 346 g/mol. The number of hydrogen-bond acceptors (Lipinski definition) is 7. The number of anilines is 1. The summed E-state index contributed by atoms with van der Waals surface area (Å²) in [5, 5.41) is 1.11. The zero-order valence-corrected chi connectivity index (χ0v) is 15.4. The maximum atomic E-state index is 5.96. The molecule has 1 aliphatic heterocycles. The third-order valence-electron chi connectivity index (χ3n) is 5.19. The molecule has 0 atom stereocenters. The van der Waals surface area contributed by atoms with Gasteiger partial charge in [-0.05, 0) is 37.7 Å². The minimum atomic E-state index is 0.571. The molecule has 7 heteroatoms. The summed E-state index contributed by atoms with van der Waals surface area (Å²) in [4.78, 5) is 19.9. The fraction of sp³-hybridized carbons (Fsp3) is 0.474. The number of ether oxygens (including phenoxy) is 1. The van der Waals surface area contributed by atoms with Crippen LogP contribution in [0.25, 0.3) is 10.2 Å². The lowest BCUT2D eigenvalue weighted by Crippen LogP contribution is -2.35. The molecule has 0 amide bonds. The summed E-state index contributed by atoms with van der Waals surface area (Å²) in [6.07, 6.45) is 10.0. The third kappa shape index (κ3) is 3.35. The second-order valence-electron chi connectivity index (χ2n) is 7.14. The molecule has 0 unspecified atom stereocenters. The Balaban J connectivity index is 1.16. The number of fused-ring (bicyclic) bond motifs is 1. The van der Waals surface area contributed by atoms with Crippen LogP contribution in [0.4, 0.5) is 5.13 Å². The van der Waals surface area contributed by atoms with E-state index in [2.05, 4.69) is 19.9 Å². The van der Waals surface area contributed by atoms with Gasteiger partial charge in [-0.15, -0.1) is 0 Å². The van der Waals surface area contributed by atoms with Crippen molar-refractivity contribution in [3.8, 4) is 5.88 Å². The molecule has 2 fully saturated rings. The average molecular weight is 367 g/mol. The van der Waals surface area contributed by atoms with E-state index < -0.39 is 0 Å². The van der Waals surface area contributed by atoms with Crippen molar-refractivity contribution in [3.05, 3.63) is 36.5 Å².